The van der Waals surface area contributed by atoms with Crippen molar-refractivity contribution in [3.63, 3.8) is 0 Å². The Bertz CT molecular complexity index is 757. The molecule has 1 aliphatic heterocycles. The number of alkyl halides is 3. The zero-order valence-electron chi connectivity index (χ0n) is 15.4. The largest absolute Gasteiger partial charge is 0.416 e. The Balaban J connectivity index is 1.60. The second kappa shape index (κ2) is 9.19. The van der Waals surface area contributed by atoms with E-state index in [2.05, 4.69) is 10.3 Å². The van der Waals surface area contributed by atoms with Crippen LogP contribution in [0.5, 0.6) is 0 Å². The number of benzene rings is 1. The molecule has 1 saturated heterocycles. The maximum Gasteiger partial charge on any atom is 0.416 e. The Morgan fingerprint density at radius 1 is 1.18 bits per heavy atom. The van der Waals surface area contributed by atoms with Gasteiger partial charge in [0, 0.05) is 32.0 Å². The zero-order valence-corrected chi connectivity index (χ0v) is 15.4. The van der Waals surface area contributed by atoms with Crippen molar-refractivity contribution in [3.05, 3.63) is 65.5 Å². The summed E-state index contributed by atoms with van der Waals surface area (Å²) < 4.78 is 43.3. The highest BCUT2D eigenvalue weighted by molar-refractivity contribution is 5.76. The molecule has 3 rings (SSSR count). The molecule has 1 N–H and O–H groups in total. The standard InChI is InChI=1S/C21H23F3N2O2/c22-21(23,24)18-6-3-15(4-7-18)5-8-19(27)26-20(16-9-12-28-13-10-16)17-2-1-11-25-14-17/h1-4,6-7,11,14,16,20H,5,8-10,12-13H2,(H,26,27)/t20-/m1/s1. The van der Waals surface area contributed by atoms with Crippen LogP contribution >= 0.6 is 0 Å². The number of nitrogens with zero attached hydrogens (tertiary/aromatic N) is 1. The van der Waals surface area contributed by atoms with E-state index in [0.717, 1.165) is 30.5 Å². The highest BCUT2D eigenvalue weighted by Gasteiger charge is 2.30. The third kappa shape index (κ3) is 5.55. The van der Waals surface area contributed by atoms with Crippen molar-refractivity contribution in [1.29, 1.82) is 0 Å². The summed E-state index contributed by atoms with van der Waals surface area (Å²) in [6.07, 6.45) is 1.42. The summed E-state index contributed by atoms with van der Waals surface area (Å²) in [6.45, 7) is 1.34. The van der Waals surface area contributed by atoms with E-state index in [1.54, 1.807) is 12.4 Å². The molecule has 2 aromatic rings. The molecule has 0 radical (unpaired) electrons. The lowest BCUT2D eigenvalue weighted by atomic mass is 9.87. The van der Waals surface area contributed by atoms with Crippen LogP contribution in [0, 0.1) is 5.92 Å². The molecule has 2 heterocycles. The molecule has 1 fully saturated rings. The molecular formula is C21H23F3N2O2. The predicted octanol–water partition coefficient (Wildman–Crippen LogP) is 4.32. The van der Waals surface area contributed by atoms with Gasteiger partial charge in [0.15, 0.2) is 0 Å². The molecule has 1 aromatic carbocycles. The number of hydrogen-bond acceptors (Lipinski definition) is 3. The van der Waals surface area contributed by atoms with E-state index in [-0.39, 0.29) is 24.3 Å². The van der Waals surface area contributed by atoms with Gasteiger partial charge in [-0.15, -0.1) is 0 Å². The molecule has 1 aromatic heterocycles. The van der Waals surface area contributed by atoms with Gasteiger partial charge in [-0.1, -0.05) is 18.2 Å². The molecule has 28 heavy (non-hydrogen) atoms. The van der Waals surface area contributed by atoms with Gasteiger partial charge in [0.25, 0.3) is 0 Å². The minimum absolute atomic E-state index is 0.125. The van der Waals surface area contributed by atoms with Crippen LogP contribution in [0.25, 0.3) is 0 Å². The van der Waals surface area contributed by atoms with E-state index < -0.39 is 11.7 Å². The first-order chi connectivity index (χ1) is 13.4. The summed E-state index contributed by atoms with van der Waals surface area (Å²) in [4.78, 5) is 16.7. The Morgan fingerprint density at radius 3 is 2.50 bits per heavy atom. The lowest BCUT2D eigenvalue weighted by Gasteiger charge is -2.31. The lowest BCUT2D eigenvalue weighted by molar-refractivity contribution is -0.137. The number of pyridine rings is 1. The lowest BCUT2D eigenvalue weighted by Crippen LogP contribution is -2.36. The number of carbonyl (C=O) groups is 1. The third-order valence-electron chi connectivity index (χ3n) is 5.02. The minimum atomic E-state index is -4.35. The summed E-state index contributed by atoms with van der Waals surface area (Å²) in [6, 6.07) is 8.60. The molecule has 1 aliphatic rings. The summed E-state index contributed by atoms with van der Waals surface area (Å²) in [5, 5.41) is 3.09. The molecule has 7 heteroatoms. The molecule has 0 unspecified atom stereocenters. The second-order valence-electron chi connectivity index (χ2n) is 6.98. The van der Waals surface area contributed by atoms with E-state index >= 15 is 0 Å². The van der Waals surface area contributed by atoms with Gasteiger partial charge in [-0.3, -0.25) is 9.78 Å². The number of rotatable bonds is 6. The van der Waals surface area contributed by atoms with Crippen LogP contribution in [0.2, 0.25) is 0 Å². The monoisotopic (exact) mass is 392 g/mol. The van der Waals surface area contributed by atoms with Gasteiger partial charge < -0.3 is 10.1 Å². The number of aryl methyl sites for hydroxylation is 1. The molecular weight excluding hydrogens is 369 g/mol. The van der Waals surface area contributed by atoms with Gasteiger partial charge in [-0.2, -0.15) is 13.2 Å². The maximum atomic E-state index is 12.6. The van der Waals surface area contributed by atoms with Crippen LogP contribution in [0.3, 0.4) is 0 Å². The normalized spacial score (nSPS) is 16.5. The Labute approximate surface area is 162 Å². The topological polar surface area (TPSA) is 51.2 Å². The van der Waals surface area contributed by atoms with Crippen LogP contribution in [0.15, 0.2) is 48.8 Å². The van der Waals surface area contributed by atoms with E-state index in [0.29, 0.717) is 25.2 Å². The zero-order chi connectivity index (χ0) is 20.0. The quantitative estimate of drug-likeness (QED) is 0.797. The van der Waals surface area contributed by atoms with Gasteiger partial charge in [-0.05, 0) is 54.5 Å². The van der Waals surface area contributed by atoms with Crippen molar-refractivity contribution in [2.24, 2.45) is 5.92 Å². The van der Waals surface area contributed by atoms with Gasteiger partial charge in [0.1, 0.15) is 0 Å². The molecule has 1 atom stereocenters. The Morgan fingerprint density at radius 2 is 1.89 bits per heavy atom. The van der Waals surface area contributed by atoms with Crippen molar-refractivity contribution in [1.82, 2.24) is 10.3 Å². The first-order valence-corrected chi connectivity index (χ1v) is 9.36. The van der Waals surface area contributed by atoms with Gasteiger partial charge in [0.2, 0.25) is 5.91 Å². The third-order valence-corrected chi connectivity index (χ3v) is 5.02. The van der Waals surface area contributed by atoms with Crippen molar-refractivity contribution < 1.29 is 22.7 Å². The van der Waals surface area contributed by atoms with Crippen molar-refractivity contribution >= 4 is 5.91 Å². The number of ether oxygens (including phenoxy) is 1. The molecule has 0 aliphatic carbocycles. The fourth-order valence-electron chi connectivity index (χ4n) is 3.45. The molecule has 1 amide bonds. The van der Waals surface area contributed by atoms with Gasteiger partial charge in [-0.25, -0.2) is 0 Å². The first kappa shape index (κ1) is 20.3. The van der Waals surface area contributed by atoms with Crippen molar-refractivity contribution in [2.75, 3.05) is 13.2 Å². The second-order valence-corrected chi connectivity index (χ2v) is 6.98. The van der Waals surface area contributed by atoms with Crippen LogP contribution in [0.4, 0.5) is 13.2 Å². The predicted molar refractivity (Wildman–Crippen MR) is 98.4 cm³/mol. The highest BCUT2D eigenvalue weighted by atomic mass is 19.4. The fraction of sp³-hybridized carbons (Fsp3) is 0.429. The molecule has 0 spiro atoms. The number of aromatic nitrogens is 1. The van der Waals surface area contributed by atoms with Crippen LogP contribution in [0.1, 0.15) is 42.0 Å². The average Bonchev–Trinajstić information content (AvgIpc) is 2.71. The van der Waals surface area contributed by atoms with Crippen LogP contribution in [-0.2, 0) is 22.1 Å². The van der Waals surface area contributed by atoms with Crippen LogP contribution in [-0.4, -0.2) is 24.1 Å². The number of amides is 1. The number of halogens is 3. The average molecular weight is 392 g/mol. The summed E-state index contributed by atoms with van der Waals surface area (Å²) in [5.74, 6) is 0.146. The van der Waals surface area contributed by atoms with Crippen molar-refractivity contribution in [2.45, 2.75) is 37.9 Å². The highest BCUT2D eigenvalue weighted by Crippen LogP contribution is 2.30. The maximum absolute atomic E-state index is 12.6. The number of carbonyl (C=O) groups excluding carboxylic acids is 1. The first-order valence-electron chi connectivity index (χ1n) is 9.36. The van der Waals surface area contributed by atoms with Gasteiger partial charge in [0.05, 0.1) is 11.6 Å². The minimum Gasteiger partial charge on any atom is -0.381 e. The van der Waals surface area contributed by atoms with Crippen LogP contribution < -0.4 is 5.32 Å². The fourth-order valence-corrected chi connectivity index (χ4v) is 3.45. The van der Waals surface area contributed by atoms with E-state index in [9.17, 15) is 18.0 Å². The van der Waals surface area contributed by atoms with E-state index in [4.69, 9.17) is 4.74 Å². The molecule has 4 nitrogen and oxygen atoms in total. The molecule has 150 valence electrons. The smallest absolute Gasteiger partial charge is 0.381 e. The molecule has 0 saturated carbocycles. The number of nitrogens with one attached hydrogen (secondary N) is 1. The Hall–Kier alpha value is -2.41. The molecule has 0 bridgehead atoms. The Kier molecular flexibility index (Phi) is 6.67. The van der Waals surface area contributed by atoms with Crippen molar-refractivity contribution in [3.8, 4) is 0 Å². The van der Waals surface area contributed by atoms with E-state index in [1.165, 1.54) is 12.1 Å². The summed E-state index contributed by atoms with van der Waals surface area (Å²) in [7, 11) is 0. The summed E-state index contributed by atoms with van der Waals surface area (Å²) >= 11 is 0. The van der Waals surface area contributed by atoms with E-state index in [1.807, 2.05) is 12.1 Å². The number of hydrogen-bond donors (Lipinski definition) is 1. The SMILES string of the molecule is O=C(CCc1ccc(C(F)(F)F)cc1)N[C@@H](c1cccnc1)C1CCOCC1. The summed E-state index contributed by atoms with van der Waals surface area (Å²) in [5.41, 5.74) is 0.973. The van der Waals surface area contributed by atoms with Gasteiger partial charge >= 0.3 is 6.18 Å².